The van der Waals surface area contributed by atoms with Gasteiger partial charge in [0.05, 0.1) is 6.61 Å². The number of ether oxygens (including phenoxy) is 2. The van der Waals surface area contributed by atoms with E-state index in [1.165, 1.54) is 19.3 Å². The molecule has 0 unspecified atom stereocenters. The Morgan fingerprint density at radius 1 is 1.09 bits per heavy atom. The molecule has 0 amide bonds. The summed E-state index contributed by atoms with van der Waals surface area (Å²) in [6, 6.07) is 1.87. The zero-order valence-electron chi connectivity index (χ0n) is 14.7. The van der Waals surface area contributed by atoms with Crippen LogP contribution in [-0.2, 0) is 10.2 Å². The summed E-state index contributed by atoms with van der Waals surface area (Å²) in [5.74, 6) is 2.23. The van der Waals surface area contributed by atoms with Crippen molar-refractivity contribution < 1.29 is 9.47 Å². The maximum Gasteiger partial charge on any atom is 0.218 e. The fourth-order valence-corrected chi connectivity index (χ4v) is 1.92. The summed E-state index contributed by atoms with van der Waals surface area (Å²) in [7, 11) is 1.66. The number of hydrogen-bond donors (Lipinski definition) is 1. The van der Waals surface area contributed by atoms with Crippen LogP contribution >= 0.6 is 0 Å². The van der Waals surface area contributed by atoms with Gasteiger partial charge in [0.2, 0.25) is 5.88 Å². The van der Waals surface area contributed by atoms with Crippen molar-refractivity contribution in [1.82, 2.24) is 9.97 Å². The van der Waals surface area contributed by atoms with E-state index >= 15 is 0 Å². The molecule has 126 valence electrons. The third-order valence-electron chi connectivity index (χ3n) is 3.25. The van der Waals surface area contributed by atoms with Gasteiger partial charge < -0.3 is 14.8 Å². The molecule has 0 aliphatic heterocycles. The van der Waals surface area contributed by atoms with Crippen LogP contribution in [0.5, 0.6) is 5.88 Å². The number of rotatable bonds is 10. The second kappa shape index (κ2) is 9.62. The highest BCUT2D eigenvalue weighted by Crippen LogP contribution is 2.23. The minimum absolute atomic E-state index is 0.112. The third-order valence-corrected chi connectivity index (χ3v) is 3.25. The smallest absolute Gasteiger partial charge is 0.218 e. The zero-order chi connectivity index (χ0) is 16.4. The fourth-order valence-electron chi connectivity index (χ4n) is 1.92. The van der Waals surface area contributed by atoms with Gasteiger partial charge in [-0.05, 0) is 6.42 Å². The molecular weight excluding hydrogens is 278 g/mol. The Labute approximate surface area is 134 Å². The highest BCUT2D eigenvalue weighted by Gasteiger charge is 2.19. The molecular formula is C17H31N3O2. The predicted molar refractivity (Wildman–Crippen MR) is 90.7 cm³/mol. The van der Waals surface area contributed by atoms with E-state index in [0.29, 0.717) is 19.1 Å². The first-order chi connectivity index (χ1) is 10.5. The van der Waals surface area contributed by atoms with Gasteiger partial charge in [-0.2, -0.15) is 4.98 Å². The van der Waals surface area contributed by atoms with Crippen molar-refractivity contribution >= 4 is 5.82 Å². The normalized spacial score (nSPS) is 11.5. The first kappa shape index (κ1) is 18.7. The summed E-state index contributed by atoms with van der Waals surface area (Å²) in [6.07, 6.45) is 4.93. The number of anilines is 1. The van der Waals surface area contributed by atoms with E-state index in [4.69, 9.17) is 9.47 Å². The minimum atomic E-state index is -0.112. The maximum atomic E-state index is 5.65. The van der Waals surface area contributed by atoms with Crippen molar-refractivity contribution in [3.8, 4) is 5.88 Å². The second-order valence-electron chi connectivity index (χ2n) is 6.49. The van der Waals surface area contributed by atoms with Gasteiger partial charge in [0.1, 0.15) is 18.2 Å². The van der Waals surface area contributed by atoms with Crippen molar-refractivity contribution in [3.05, 3.63) is 11.9 Å². The van der Waals surface area contributed by atoms with Crippen LogP contribution in [0.25, 0.3) is 0 Å². The number of methoxy groups -OCH3 is 1. The van der Waals surface area contributed by atoms with Gasteiger partial charge in [0.15, 0.2) is 0 Å². The highest BCUT2D eigenvalue weighted by atomic mass is 16.5. The number of hydrogen-bond acceptors (Lipinski definition) is 5. The van der Waals surface area contributed by atoms with Crippen LogP contribution in [0.1, 0.15) is 59.2 Å². The van der Waals surface area contributed by atoms with Gasteiger partial charge in [-0.15, -0.1) is 0 Å². The lowest BCUT2D eigenvalue weighted by atomic mass is 9.96. The first-order valence-corrected chi connectivity index (χ1v) is 8.22. The maximum absolute atomic E-state index is 5.65. The number of aromatic nitrogens is 2. The van der Waals surface area contributed by atoms with Crippen LogP contribution in [0.3, 0.4) is 0 Å². The Balaban J connectivity index is 2.70. The van der Waals surface area contributed by atoms with Crippen LogP contribution < -0.4 is 10.1 Å². The molecule has 0 atom stereocenters. The molecule has 0 saturated heterocycles. The molecule has 0 aliphatic rings. The molecule has 1 heterocycles. The molecule has 5 heteroatoms. The molecule has 1 N–H and O–H groups in total. The van der Waals surface area contributed by atoms with Gasteiger partial charge in [-0.1, -0.05) is 47.0 Å². The van der Waals surface area contributed by atoms with Crippen LogP contribution in [0.4, 0.5) is 5.82 Å². The van der Waals surface area contributed by atoms with E-state index in [0.717, 1.165) is 24.6 Å². The van der Waals surface area contributed by atoms with E-state index in [1.807, 2.05) is 6.07 Å². The van der Waals surface area contributed by atoms with Gasteiger partial charge in [0.25, 0.3) is 0 Å². The van der Waals surface area contributed by atoms with E-state index in [9.17, 15) is 0 Å². The van der Waals surface area contributed by atoms with Gasteiger partial charge in [-0.3, -0.25) is 0 Å². The van der Waals surface area contributed by atoms with E-state index in [1.54, 1.807) is 7.11 Å². The Hall–Kier alpha value is -1.36. The van der Waals surface area contributed by atoms with Crippen LogP contribution in [-0.4, -0.2) is 36.8 Å². The molecule has 22 heavy (non-hydrogen) atoms. The van der Waals surface area contributed by atoms with E-state index in [2.05, 4.69) is 43.0 Å². The predicted octanol–water partition coefficient (Wildman–Crippen LogP) is 3.79. The van der Waals surface area contributed by atoms with E-state index in [-0.39, 0.29) is 5.41 Å². The molecule has 0 aromatic carbocycles. The van der Waals surface area contributed by atoms with Gasteiger partial charge >= 0.3 is 0 Å². The Bertz CT molecular complexity index is 430. The molecule has 1 aromatic rings. The third kappa shape index (κ3) is 7.07. The highest BCUT2D eigenvalue weighted by molar-refractivity contribution is 5.39. The Morgan fingerprint density at radius 2 is 1.86 bits per heavy atom. The van der Waals surface area contributed by atoms with Crippen LogP contribution in [0.2, 0.25) is 0 Å². The number of nitrogens with one attached hydrogen (secondary N) is 1. The summed E-state index contributed by atoms with van der Waals surface area (Å²) >= 11 is 0. The molecule has 0 radical (unpaired) electrons. The second-order valence-corrected chi connectivity index (χ2v) is 6.49. The molecule has 1 rings (SSSR count). The zero-order valence-corrected chi connectivity index (χ0v) is 14.7. The number of nitrogens with zero attached hydrogens (tertiary/aromatic N) is 2. The molecule has 1 aromatic heterocycles. The van der Waals surface area contributed by atoms with Crippen molar-refractivity contribution in [2.45, 2.75) is 58.8 Å². The lowest BCUT2D eigenvalue weighted by molar-refractivity contribution is 0.143. The fraction of sp³-hybridized carbons (Fsp3) is 0.765. The van der Waals surface area contributed by atoms with Crippen molar-refractivity contribution in [3.63, 3.8) is 0 Å². The monoisotopic (exact) mass is 309 g/mol. The molecule has 0 aliphatic carbocycles. The van der Waals surface area contributed by atoms with Crippen LogP contribution in [0, 0.1) is 0 Å². The molecule has 0 bridgehead atoms. The first-order valence-electron chi connectivity index (χ1n) is 8.22. The molecule has 0 saturated carbocycles. The standard InChI is InChI=1S/C17H31N3O2/c1-6-7-8-9-10-18-14-13-15(22-12-11-21-5)20-16(19-14)17(2,3)4/h13H,6-12H2,1-5H3,(H,18,19,20). The summed E-state index contributed by atoms with van der Waals surface area (Å²) in [5.41, 5.74) is -0.112. The van der Waals surface area contributed by atoms with Gasteiger partial charge in [0, 0.05) is 25.1 Å². The average molecular weight is 309 g/mol. The Morgan fingerprint density at radius 3 is 2.50 bits per heavy atom. The summed E-state index contributed by atoms with van der Waals surface area (Å²) < 4.78 is 10.7. The number of unbranched alkanes of at least 4 members (excludes halogenated alkanes) is 3. The topological polar surface area (TPSA) is 56.3 Å². The average Bonchev–Trinajstić information content (AvgIpc) is 2.46. The minimum Gasteiger partial charge on any atom is -0.475 e. The molecule has 0 spiro atoms. The summed E-state index contributed by atoms with van der Waals surface area (Å²) in [5, 5.41) is 3.38. The van der Waals surface area contributed by atoms with E-state index < -0.39 is 0 Å². The lowest BCUT2D eigenvalue weighted by Gasteiger charge is -2.19. The van der Waals surface area contributed by atoms with Gasteiger partial charge in [-0.25, -0.2) is 4.98 Å². The summed E-state index contributed by atoms with van der Waals surface area (Å²) in [4.78, 5) is 9.12. The largest absolute Gasteiger partial charge is 0.475 e. The SMILES string of the molecule is CCCCCCNc1cc(OCCOC)nc(C(C)(C)C)n1. The lowest BCUT2D eigenvalue weighted by Crippen LogP contribution is -2.18. The van der Waals surface area contributed by atoms with Crippen molar-refractivity contribution in [2.24, 2.45) is 0 Å². The van der Waals surface area contributed by atoms with Crippen molar-refractivity contribution in [1.29, 1.82) is 0 Å². The quantitative estimate of drug-likeness (QED) is 0.666. The molecule has 0 fully saturated rings. The molecule has 5 nitrogen and oxygen atoms in total. The Kier molecular flexibility index (Phi) is 8.17. The van der Waals surface area contributed by atoms with Crippen LogP contribution in [0.15, 0.2) is 6.07 Å². The summed E-state index contributed by atoms with van der Waals surface area (Å²) in [6.45, 7) is 10.5. The van der Waals surface area contributed by atoms with Crippen molar-refractivity contribution in [2.75, 3.05) is 32.2 Å².